The summed E-state index contributed by atoms with van der Waals surface area (Å²) >= 11 is 0. The quantitative estimate of drug-likeness (QED) is 0.769. The summed E-state index contributed by atoms with van der Waals surface area (Å²) in [5, 5.41) is 4.44. The topological polar surface area (TPSA) is 70.4 Å². The number of carbonyl (C=O) groups is 1. The molecule has 2 aromatic heterocycles. The molecule has 0 unspecified atom stereocenters. The van der Waals surface area contributed by atoms with Gasteiger partial charge in [-0.3, -0.25) is 14.4 Å². The molecule has 5 rings (SSSR count). The summed E-state index contributed by atoms with van der Waals surface area (Å²) in [6.45, 7) is 9.46. The Hall–Kier alpha value is -2.48. The highest BCUT2D eigenvalue weighted by atomic mass is 16.2. The summed E-state index contributed by atoms with van der Waals surface area (Å²) < 4.78 is 1.78. The molecule has 8 heteroatoms. The Morgan fingerprint density at radius 3 is 2.47 bits per heavy atom. The Morgan fingerprint density at radius 2 is 1.83 bits per heavy atom. The van der Waals surface area contributed by atoms with Crippen LogP contribution in [-0.2, 0) is 20.0 Å². The highest BCUT2D eigenvalue weighted by Gasteiger charge is 2.32. The number of aryl methyl sites for hydroxylation is 1. The second-order valence-electron chi connectivity index (χ2n) is 8.89. The van der Waals surface area contributed by atoms with E-state index in [4.69, 9.17) is 0 Å². The van der Waals surface area contributed by atoms with E-state index in [0.717, 1.165) is 61.4 Å². The van der Waals surface area contributed by atoms with Crippen molar-refractivity contribution in [3.63, 3.8) is 0 Å². The molecule has 2 aromatic rings. The minimum atomic E-state index is -0.00359. The Labute approximate surface area is 177 Å². The second-order valence-corrected chi connectivity index (χ2v) is 8.89. The van der Waals surface area contributed by atoms with Gasteiger partial charge in [-0.25, -0.2) is 9.97 Å². The molecule has 8 nitrogen and oxygen atoms in total. The van der Waals surface area contributed by atoms with E-state index in [0.29, 0.717) is 18.8 Å². The van der Waals surface area contributed by atoms with Crippen molar-refractivity contribution in [3.05, 3.63) is 34.5 Å². The molecule has 0 radical (unpaired) electrons. The summed E-state index contributed by atoms with van der Waals surface area (Å²) in [5.41, 5.74) is 4.74. The number of hydrogen-bond acceptors (Lipinski definition) is 6. The van der Waals surface area contributed by atoms with Gasteiger partial charge in [0, 0.05) is 62.6 Å². The predicted molar refractivity (Wildman–Crippen MR) is 115 cm³/mol. The number of aromatic nitrogens is 4. The van der Waals surface area contributed by atoms with Crippen LogP contribution >= 0.6 is 0 Å². The van der Waals surface area contributed by atoms with Gasteiger partial charge in [0.1, 0.15) is 12.1 Å². The van der Waals surface area contributed by atoms with Gasteiger partial charge in [0.15, 0.2) is 5.69 Å². The van der Waals surface area contributed by atoms with Crippen LogP contribution in [0.15, 0.2) is 6.33 Å². The van der Waals surface area contributed by atoms with Crippen LogP contribution in [0.4, 0.5) is 5.82 Å². The molecule has 0 N–H and O–H groups in total. The molecular weight excluding hydrogens is 378 g/mol. The number of amides is 1. The number of piperazine rings is 1. The van der Waals surface area contributed by atoms with Crippen LogP contribution in [0.25, 0.3) is 0 Å². The molecule has 0 spiro atoms. The molecule has 1 saturated carbocycles. The van der Waals surface area contributed by atoms with E-state index in [1.165, 1.54) is 24.8 Å². The highest BCUT2D eigenvalue weighted by molar-refractivity contribution is 5.94. The van der Waals surface area contributed by atoms with E-state index < -0.39 is 0 Å². The maximum Gasteiger partial charge on any atom is 0.275 e. The largest absolute Gasteiger partial charge is 0.354 e. The van der Waals surface area contributed by atoms with Gasteiger partial charge in [-0.15, -0.1) is 0 Å². The van der Waals surface area contributed by atoms with E-state index >= 15 is 0 Å². The molecule has 30 heavy (non-hydrogen) atoms. The lowest BCUT2D eigenvalue weighted by molar-refractivity contribution is 0.0724. The van der Waals surface area contributed by atoms with Gasteiger partial charge >= 0.3 is 0 Å². The zero-order valence-electron chi connectivity index (χ0n) is 18.3. The van der Waals surface area contributed by atoms with Crippen LogP contribution in [-0.4, -0.2) is 74.2 Å². The van der Waals surface area contributed by atoms with E-state index in [1.54, 1.807) is 11.0 Å². The Bertz CT molecular complexity index is 957. The summed E-state index contributed by atoms with van der Waals surface area (Å²) in [6.07, 6.45) is 6.57. The number of nitrogens with zero attached hydrogens (tertiary/aromatic N) is 7. The summed E-state index contributed by atoms with van der Waals surface area (Å²) in [4.78, 5) is 29.2. The zero-order valence-corrected chi connectivity index (χ0v) is 18.3. The highest BCUT2D eigenvalue weighted by Crippen LogP contribution is 2.30. The Balaban J connectivity index is 1.31. The normalized spacial score (nSPS) is 20.2. The standard InChI is InChI=1S/C22H31N7O/c1-15-16(2)26(3)25-20(15)22(30)29-8-7-18-19(13-29)23-14-24-21(18)28-11-9-27(10-12-28)17-5-4-6-17/h14,17H,4-13H2,1-3H3. The number of carbonyl (C=O) groups excluding carboxylic acids is 1. The van der Waals surface area contributed by atoms with Gasteiger partial charge in [-0.1, -0.05) is 6.42 Å². The summed E-state index contributed by atoms with van der Waals surface area (Å²) in [6, 6.07) is 0.810. The van der Waals surface area contributed by atoms with E-state index in [-0.39, 0.29) is 5.91 Å². The number of fused-ring (bicyclic) bond motifs is 1. The zero-order chi connectivity index (χ0) is 20.8. The van der Waals surface area contributed by atoms with Gasteiger partial charge in [-0.05, 0) is 33.1 Å². The molecule has 1 saturated heterocycles. The number of hydrogen-bond donors (Lipinski definition) is 0. The first kappa shape index (κ1) is 19.5. The molecular formula is C22H31N7O. The Morgan fingerprint density at radius 1 is 1.07 bits per heavy atom. The van der Waals surface area contributed by atoms with E-state index in [1.807, 2.05) is 25.8 Å². The fourth-order valence-electron chi connectivity index (χ4n) is 4.90. The van der Waals surface area contributed by atoms with E-state index in [9.17, 15) is 4.79 Å². The smallest absolute Gasteiger partial charge is 0.275 e. The van der Waals surface area contributed by atoms with Crippen LogP contribution in [0.2, 0.25) is 0 Å². The maximum absolute atomic E-state index is 13.1. The molecule has 3 aliphatic rings. The third-order valence-corrected chi connectivity index (χ3v) is 7.31. The summed E-state index contributed by atoms with van der Waals surface area (Å²) in [7, 11) is 1.88. The minimum Gasteiger partial charge on any atom is -0.354 e. The van der Waals surface area contributed by atoms with Crippen molar-refractivity contribution in [2.24, 2.45) is 7.05 Å². The third-order valence-electron chi connectivity index (χ3n) is 7.31. The van der Waals surface area contributed by atoms with Crippen LogP contribution in [0.5, 0.6) is 0 Å². The van der Waals surface area contributed by atoms with Gasteiger partial charge in [0.2, 0.25) is 0 Å². The van der Waals surface area contributed by atoms with Crippen LogP contribution < -0.4 is 4.90 Å². The summed E-state index contributed by atoms with van der Waals surface area (Å²) in [5.74, 6) is 1.07. The number of rotatable bonds is 3. The van der Waals surface area contributed by atoms with Crippen molar-refractivity contribution < 1.29 is 4.79 Å². The fraction of sp³-hybridized carbons (Fsp3) is 0.636. The average Bonchev–Trinajstić information content (AvgIpc) is 2.99. The van der Waals surface area contributed by atoms with Crippen LogP contribution in [0.3, 0.4) is 0 Å². The second kappa shape index (κ2) is 7.65. The van der Waals surface area contributed by atoms with Crippen molar-refractivity contribution in [2.75, 3.05) is 37.6 Å². The monoisotopic (exact) mass is 409 g/mol. The first-order chi connectivity index (χ1) is 14.5. The Kier molecular flexibility index (Phi) is 4.97. The van der Waals surface area contributed by atoms with Crippen LogP contribution in [0, 0.1) is 13.8 Å². The third kappa shape index (κ3) is 3.27. The van der Waals surface area contributed by atoms with Crippen molar-refractivity contribution in [1.29, 1.82) is 0 Å². The van der Waals surface area contributed by atoms with Gasteiger partial charge in [0.05, 0.1) is 12.2 Å². The van der Waals surface area contributed by atoms with Gasteiger partial charge < -0.3 is 9.80 Å². The molecule has 160 valence electrons. The van der Waals surface area contributed by atoms with Crippen molar-refractivity contribution in [1.82, 2.24) is 29.5 Å². The molecule has 0 aromatic carbocycles. The van der Waals surface area contributed by atoms with Gasteiger partial charge in [-0.2, -0.15) is 5.10 Å². The molecule has 0 bridgehead atoms. The molecule has 1 aliphatic carbocycles. The maximum atomic E-state index is 13.1. The lowest BCUT2D eigenvalue weighted by Gasteiger charge is -2.43. The SMILES string of the molecule is Cc1c(C(=O)N2CCc3c(ncnc3N3CCN(C4CCC4)CC3)C2)nn(C)c1C. The lowest BCUT2D eigenvalue weighted by Crippen LogP contribution is -2.52. The lowest BCUT2D eigenvalue weighted by atomic mass is 9.91. The molecule has 2 fully saturated rings. The van der Waals surface area contributed by atoms with Gasteiger partial charge in [0.25, 0.3) is 5.91 Å². The average molecular weight is 410 g/mol. The predicted octanol–water partition coefficient (Wildman–Crippen LogP) is 1.70. The van der Waals surface area contributed by atoms with Crippen LogP contribution in [0.1, 0.15) is 52.3 Å². The van der Waals surface area contributed by atoms with Crippen molar-refractivity contribution >= 4 is 11.7 Å². The minimum absolute atomic E-state index is 0.00359. The molecule has 2 aliphatic heterocycles. The molecule has 4 heterocycles. The van der Waals surface area contributed by atoms with Crippen molar-refractivity contribution in [3.8, 4) is 0 Å². The first-order valence-corrected chi connectivity index (χ1v) is 11.1. The number of anilines is 1. The first-order valence-electron chi connectivity index (χ1n) is 11.1. The van der Waals surface area contributed by atoms with E-state index in [2.05, 4.69) is 24.9 Å². The van der Waals surface area contributed by atoms with Crippen molar-refractivity contribution in [2.45, 2.75) is 52.1 Å². The fourth-order valence-corrected chi connectivity index (χ4v) is 4.90. The molecule has 1 amide bonds. The molecule has 0 atom stereocenters.